The number of pyridine rings is 1. The number of nitrogens with two attached hydrogens (primary N) is 1. The highest BCUT2D eigenvalue weighted by atomic mass is 32.1. The number of thiophene rings is 1. The predicted octanol–water partition coefficient (Wildman–Crippen LogP) is 5.30. The molecule has 2 aromatic heterocycles. The number of benzene rings is 1. The van der Waals surface area contributed by atoms with Crippen LogP contribution in [0.3, 0.4) is 0 Å². The van der Waals surface area contributed by atoms with Crippen LogP contribution in [0, 0.1) is 6.92 Å². The fraction of sp³-hybridized carbons (Fsp3) is 0.364. The van der Waals surface area contributed by atoms with Crippen molar-refractivity contribution >= 4 is 33.2 Å². The number of hydrogen-bond acceptors (Lipinski definition) is 5. The maximum Gasteiger partial charge on any atom is 0.350 e. The molecule has 0 radical (unpaired) electrons. The number of aromatic nitrogens is 1. The lowest BCUT2D eigenvalue weighted by Crippen LogP contribution is -2.08. The molecule has 1 aliphatic carbocycles. The Hall–Kier alpha value is -2.40. The van der Waals surface area contributed by atoms with Crippen LogP contribution < -0.4 is 5.73 Å². The molecule has 2 N–H and O–H groups in total. The molecule has 140 valence electrons. The molecular formula is C22H24N2O2S. The zero-order valence-corrected chi connectivity index (χ0v) is 16.6. The summed E-state index contributed by atoms with van der Waals surface area (Å²) in [6.45, 7) is 4.47. The van der Waals surface area contributed by atoms with Gasteiger partial charge in [-0.15, -0.1) is 11.3 Å². The van der Waals surface area contributed by atoms with Crippen molar-refractivity contribution in [1.29, 1.82) is 0 Å². The summed E-state index contributed by atoms with van der Waals surface area (Å²) in [5.41, 5.74) is 12.9. The Kier molecular flexibility index (Phi) is 4.87. The Morgan fingerprint density at radius 1 is 1.22 bits per heavy atom. The van der Waals surface area contributed by atoms with Crippen LogP contribution in [0.1, 0.15) is 52.7 Å². The van der Waals surface area contributed by atoms with Crippen LogP contribution in [0.15, 0.2) is 24.3 Å². The minimum atomic E-state index is -0.342. The summed E-state index contributed by atoms with van der Waals surface area (Å²) in [4.78, 5) is 18.7. The van der Waals surface area contributed by atoms with Crippen LogP contribution in [0.4, 0.5) is 5.69 Å². The highest BCUT2D eigenvalue weighted by molar-refractivity contribution is 7.21. The van der Waals surface area contributed by atoms with E-state index in [0.717, 1.165) is 59.1 Å². The number of nitrogen functional groups attached to an aromatic ring is 1. The summed E-state index contributed by atoms with van der Waals surface area (Å²) in [5, 5.41) is 0.910. The first-order chi connectivity index (χ1) is 13.1. The first kappa shape index (κ1) is 18.0. The average molecular weight is 381 g/mol. The van der Waals surface area contributed by atoms with E-state index in [0.29, 0.717) is 17.2 Å². The number of carbonyl (C=O) groups is 1. The van der Waals surface area contributed by atoms with E-state index in [2.05, 4.69) is 31.2 Å². The lowest BCUT2D eigenvalue weighted by atomic mass is 9.87. The van der Waals surface area contributed by atoms with E-state index in [1.807, 2.05) is 6.92 Å². The topological polar surface area (TPSA) is 65.2 Å². The lowest BCUT2D eigenvalue weighted by molar-refractivity contribution is 0.0512. The molecule has 3 aromatic rings. The van der Waals surface area contributed by atoms with Gasteiger partial charge in [0.1, 0.15) is 9.71 Å². The Morgan fingerprint density at radius 3 is 2.70 bits per heavy atom. The summed E-state index contributed by atoms with van der Waals surface area (Å²) in [6, 6.07) is 8.53. The second-order valence-electron chi connectivity index (χ2n) is 7.15. The summed E-state index contributed by atoms with van der Waals surface area (Å²) in [5.74, 6) is -0.342. The van der Waals surface area contributed by atoms with Crippen molar-refractivity contribution in [2.75, 3.05) is 12.3 Å². The van der Waals surface area contributed by atoms with Crippen LogP contribution >= 0.6 is 11.3 Å². The van der Waals surface area contributed by atoms with E-state index >= 15 is 0 Å². The standard InChI is InChI=1S/C22H24N2O2S/c1-3-12-26-22(25)20-19(23)18-17(14-10-8-13(2)9-11-14)15-6-4-5-7-16(15)24-21(18)27-20/h8-11H,3-7,12,23H2,1-2H3. The van der Waals surface area contributed by atoms with Gasteiger partial charge in [-0.05, 0) is 55.7 Å². The number of fused-ring (bicyclic) bond motifs is 2. The summed E-state index contributed by atoms with van der Waals surface area (Å²) in [6.07, 6.45) is 5.10. The van der Waals surface area contributed by atoms with Gasteiger partial charge in [0.05, 0.1) is 12.3 Å². The third-order valence-electron chi connectivity index (χ3n) is 5.12. The molecule has 1 aliphatic rings. The van der Waals surface area contributed by atoms with E-state index < -0.39 is 0 Å². The van der Waals surface area contributed by atoms with Gasteiger partial charge in [0.2, 0.25) is 0 Å². The van der Waals surface area contributed by atoms with E-state index in [1.165, 1.54) is 22.5 Å². The zero-order valence-electron chi connectivity index (χ0n) is 15.8. The number of esters is 1. The molecule has 1 aromatic carbocycles. The van der Waals surface area contributed by atoms with Crippen LogP contribution in [-0.2, 0) is 17.6 Å². The number of ether oxygens (including phenoxy) is 1. The smallest absolute Gasteiger partial charge is 0.350 e. The minimum Gasteiger partial charge on any atom is -0.461 e. The molecule has 0 aliphatic heterocycles. The SMILES string of the molecule is CCCOC(=O)c1sc2nc3c(c(-c4ccc(C)cc4)c2c1N)CCCC3. The fourth-order valence-corrected chi connectivity index (χ4v) is 4.78. The second-order valence-corrected chi connectivity index (χ2v) is 8.15. The second kappa shape index (κ2) is 7.31. The fourth-order valence-electron chi connectivity index (χ4n) is 3.76. The lowest BCUT2D eigenvalue weighted by Gasteiger charge is -2.20. The van der Waals surface area contributed by atoms with Gasteiger partial charge >= 0.3 is 5.97 Å². The van der Waals surface area contributed by atoms with Gasteiger partial charge in [-0.2, -0.15) is 0 Å². The summed E-state index contributed by atoms with van der Waals surface area (Å²) in [7, 11) is 0. The summed E-state index contributed by atoms with van der Waals surface area (Å²) < 4.78 is 5.34. The van der Waals surface area contributed by atoms with Gasteiger partial charge in [0.25, 0.3) is 0 Å². The van der Waals surface area contributed by atoms with Crippen molar-refractivity contribution in [3.05, 3.63) is 46.0 Å². The molecule has 0 fully saturated rings. The van der Waals surface area contributed by atoms with Gasteiger partial charge in [-0.1, -0.05) is 36.8 Å². The Balaban J connectivity index is 1.96. The number of aryl methyl sites for hydroxylation is 2. The molecule has 0 atom stereocenters. The van der Waals surface area contributed by atoms with Gasteiger partial charge in [0.15, 0.2) is 0 Å². The van der Waals surface area contributed by atoms with Crippen molar-refractivity contribution in [2.45, 2.75) is 46.0 Å². The molecule has 27 heavy (non-hydrogen) atoms. The minimum absolute atomic E-state index is 0.342. The van der Waals surface area contributed by atoms with Crippen LogP contribution in [0.2, 0.25) is 0 Å². The van der Waals surface area contributed by atoms with Crippen molar-refractivity contribution in [3.8, 4) is 11.1 Å². The molecule has 0 saturated carbocycles. The monoisotopic (exact) mass is 380 g/mol. The van der Waals surface area contributed by atoms with E-state index in [9.17, 15) is 4.79 Å². The molecule has 0 spiro atoms. The molecular weight excluding hydrogens is 356 g/mol. The Labute approximate surface area is 163 Å². The average Bonchev–Trinajstić information content (AvgIpc) is 3.01. The Morgan fingerprint density at radius 2 is 1.96 bits per heavy atom. The van der Waals surface area contributed by atoms with E-state index in [4.69, 9.17) is 15.5 Å². The van der Waals surface area contributed by atoms with Gasteiger partial charge < -0.3 is 10.5 Å². The van der Waals surface area contributed by atoms with E-state index in [1.54, 1.807) is 0 Å². The van der Waals surface area contributed by atoms with Gasteiger partial charge in [-0.3, -0.25) is 0 Å². The molecule has 2 heterocycles. The predicted molar refractivity (Wildman–Crippen MR) is 111 cm³/mol. The third-order valence-corrected chi connectivity index (χ3v) is 6.20. The number of rotatable bonds is 4. The highest BCUT2D eigenvalue weighted by Crippen LogP contribution is 2.44. The summed E-state index contributed by atoms with van der Waals surface area (Å²) >= 11 is 1.36. The first-order valence-corrected chi connectivity index (χ1v) is 10.4. The molecule has 4 nitrogen and oxygen atoms in total. The van der Waals surface area contributed by atoms with E-state index in [-0.39, 0.29) is 5.97 Å². The maximum absolute atomic E-state index is 12.5. The third kappa shape index (κ3) is 3.21. The zero-order chi connectivity index (χ0) is 19.0. The van der Waals surface area contributed by atoms with Crippen molar-refractivity contribution < 1.29 is 9.53 Å². The van der Waals surface area contributed by atoms with Gasteiger partial charge in [0, 0.05) is 11.1 Å². The maximum atomic E-state index is 12.5. The largest absolute Gasteiger partial charge is 0.461 e. The normalized spacial score (nSPS) is 13.6. The molecule has 0 bridgehead atoms. The molecule has 4 rings (SSSR count). The molecule has 0 amide bonds. The number of nitrogens with zero attached hydrogens (tertiary/aromatic N) is 1. The van der Waals surface area contributed by atoms with Gasteiger partial charge in [-0.25, -0.2) is 9.78 Å². The molecule has 0 unspecified atom stereocenters. The number of anilines is 1. The molecule has 5 heteroatoms. The number of hydrogen-bond donors (Lipinski definition) is 1. The molecule has 0 saturated heterocycles. The first-order valence-electron chi connectivity index (χ1n) is 9.58. The van der Waals surface area contributed by atoms with Crippen molar-refractivity contribution in [3.63, 3.8) is 0 Å². The Bertz CT molecular complexity index is 1010. The van der Waals surface area contributed by atoms with Crippen LogP contribution in [0.25, 0.3) is 21.3 Å². The van der Waals surface area contributed by atoms with Crippen LogP contribution in [-0.4, -0.2) is 17.6 Å². The van der Waals surface area contributed by atoms with Crippen molar-refractivity contribution in [2.24, 2.45) is 0 Å². The van der Waals surface area contributed by atoms with Crippen molar-refractivity contribution in [1.82, 2.24) is 4.98 Å². The number of carbonyl (C=O) groups excluding carboxylic acids is 1. The highest BCUT2D eigenvalue weighted by Gasteiger charge is 2.26. The van der Waals surface area contributed by atoms with Crippen LogP contribution in [0.5, 0.6) is 0 Å². The quantitative estimate of drug-likeness (QED) is 0.624.